The molecule has 4 nitrogen and oxygen atoms in total. The third-order valence-corrected chi connectivity index (χ3v) is 2.20. The van der Waals surface area contributed by atoms with E-state index in [0.717, 1.165) is 24.3 Å². The molecule has 1 aromatic rings. The summed E-state index contributed by atoms with van der Waals surface area (Å²) in [6.45, 7) is 0. The lowest BCUT2D eigenvalue weighted by Gasteiger charge is -2.10. The SMILES string of the molecule is O=S(=O)([O-])c1ccc(OC(F)(F)F)cc1. The van der Waals surface area contributed by atoms with E-state index in [1.54, 1.807) is 0 Å². The van der Waals surface area contributed by atoms with Crippen molar-refractivity contribution >= 4 is 10.1 Å². The lowest BCUT2D eigenvalue weighted by molar-refractivity contribution is -0.274. The molecule has 0 heterocycles. The molecule has 0 aliphatic rings. The molecule has 1 aromatic carbocycles. The van der Waals surface area contributed by atoms with Gasteiger partial charge in [0, 0.05) is 0 Å². The highest BCUT2D eigenvalue weighted by molar-refractivity contribution is 7.85. The van der Waals surface area contributed by atoms with Crippen molar-refractivity contribution in [2.75, 3.05) is 0 Å². The Morgan fingerprint density at radius 3 is 1.93 bits per heavy atom. The summed E-state index contributed by atoms with van der Waals surface area (Å²) in [5.41, 5.74) is 0. The van der Waals surface area contributed by atoms with Crippen LogP contribution in [0.4, 0.5) is 13.2 Å². The van der Waals surface area contributed by atoms with E-state index in [4.69, 9.17) is 0 Å². The minimum atomic E-state index is -4.85. The van der Waals surface area contributed by atoms with E-state index in [0.29, 0.717) is 0 Å². The van der Waals surface area contributed by atoms with Gasteiger partial charge in [-0.3, -0.25) is 0 Å². The normalized spacial score (nSPS) is 12.5. The summed E-state index contributed by atoms with van der Waals surface area (Å²) < 4.78 is 69.7. The summed E-state index contributed by atoms with van der Waals surface area (Å²) in [5.74, 6) is -0.588. The number of hydrogen-bond acceptors (Lipinski definition) is 4. The van der Waals surface area contributed by atoms with Gasteiger partial charge in [0.05, 0.1) is 4.90 Å². The molecule has 84 valence electrons. The first-order valence-corrected chi connectivity index (χ1v) is 4.91. The molecule has 0 fully saturated rings. The summed E-state index contributed by atoms with van der Waals surface area (Å²) in [6, 6.07) is 2.98. The Labute approximate surface area is 83.0 Å². The van der Waals surface area contributed by atoms with E-state index in [1.165, 1.54) is 0 Å². The van der Waals surface area contributed by atoms with Gasteiger partial charge in [0.2, 0.25) is 0 Å². The Balaban J connectivity index is 2.92. The summed E-state index contributed by atoms with van der Waals surface area (Å²) in [6.07, 6.45) is -4.85. The van der Waals surface area contributed by atoms with E-state index in [1.807, 2.05) is 0 Å². The molecule has 0 unspecified atom stereocenters. The van der Waals surface area contributed by atoms with Crippen LogP contribution in [0.5, 0.6) is 5.75 Å². The molecule has 0 amide bonds. The van der Waals surface area contributed by atoms with E-state index >= 15 is 0 Å². The van der Waals surface area contributed by atoms with Crippen molar-refractivity contribution in [3.05, 3.63) is 24.3 Å². The number of rotatable bonds is 2. The zero-order valence-corrected chi connectivity index (χ0v) is 7.80. The minimum Gasteiger partial charge on any atom is -0.744 e. The van der Waals surface area contributed by atoms with Gasteiger partial charge in [0.1, 0.15) is 15.9 Å². The van der Waals surface area contributed by atoms with Gasteiger partial charge in [0.15, 0.2) is 0 Å². The van der Waals surface area contributed by atoms with Crippen molar-refractivity contribution in [1.82, 2.24) is 0 Å². The van der Waals surface area contributed by atoms with Crippen LogP contribution in [0.25, 0.3) is 0 Å². The fourth-order valence-corrected chi connectivity index (χ4v) is 1.28. The first kappa shape index (κ1) is 11.8. The zero-order chi connectivity index (χ0) is 11.7. The fourth-order valence-electron chi connectivity index (χ4n) is 0.808. The maximum atomic E-state index is 11.7. The van der Waals surface area contributed by atoms with Crippen molar-refractivity contribution < 1.29 is 30.9 Å². The fraction of sp³-hybridized carbons (Fsp3) is 0.143. The van der Waals surface area contributed by atoms with Crippen molar-refractivity contribution in [1.29, 1.82) is 0 Å². The highest BCUT2D eigenvalue weighted by atomic mass is 32.2. The Morgan fingerprint density at radius 1 is 1.13 bits per heavy atom. The van der Waals surface area contributed by atoms with E-state index in [2.05, 4.69) is 4.74 Å². The van der Waals surface area contributed by atoms with Crippen molar-refractivity contribution in [3.8, 4) is 5.75 Å². The molecule has 0 radical (unpaired) electrons. The third-order valence-electron chi connectivity index (χ3n) is 1.35. The van der Waals surface area contributed by atoms with Crippen LogP contribution in [0, 0.1) is 0 Å². The molecular formula is C7H4F3O4S-. The molecule has 0 saturated heterocycles. The van der Waals surface area contributed by atoms with Gasteiger partial charge in [-0.2, -0.15) is 0 Å². The van der Waals surface area contributed by atoms with Gasteiger partial charge in [0.25, 0.3) is 0 Å². The predicted molar refractivity (Wildman–Crippen MR) is 41.1 cm³/mol. The van der Waals surface area contributed by atoms with Gasteiger partial charge in [-0.25, -0.2) is 8.42 Å². The van der Waals surface area contributed by atoms with E-state index in [-0.39, 0.29) is 0 Å². The molecule has 0 spiro atoms. The lowest BCUT2D eigenvalue weighted by atomic mass is 10.3. The summed E-state index contributed by atoms with van der Waals surface area (Å²) in [5, 5.41) is 0. The Hall–Kier alpha value is -1.28. The second-order valence-electron chi connectivity index (χ2n) is 2.47. The lowest BCUT2D eigenvalue weighted by Crippen LogP contribution is -2.17. The zero-order valence-electron chi connectivity index (χ0n) is 6.98. The smallest absolute Gasteiger partial charge is 0.573 e. The first-order valence-electron chi connectivity index (χ1n) is 3.50. The molecule has 0 saturated carbocycles. The number of alkyl halides is 3. The van der Waals surface area contributed by atoms with Gasteiger partial charge in [-0.15, -0.1) is 13.2 Å². The highest BCUT2D eigenvalue weighted by Crippen LogP contribution is 2.23. The molecular weight excluding hydrogens is 237 g/mol. The number of benzene rings is 1. The minimum absolute atomic E-state index is 0.588. The highest BCUT2D eigenvalue weighted by Gasteiger charge is 2.30. The molecule has 8 heteroatoms. The van der Waals surface area contributed by atoms with Crippen LogP contribution in [0.3, 0.4) is 0 Å². The number of hydrogen-bond donors (Lipinski definition) is 0. The van der Waals surface area contributed by atoms with Gasteiger partial charge in [-0.1, -0.05) is 0 Å². The maximum absolute atomic E-state index is 11.7. The molecule has 0 atom stereocenters. The molecule has 0 aromatic heterocycles. The van der Waals surface area contributed by atoms with Crippen LogP contribution >= 0.6 is 0 Å². The monoisotopic (exact) mass is 241 g/mol. The average Bonchev–Trinajstić information content (AvgIpc) is 2.00. The quantitative estimate of drug-likeness (QED) is 0.735. The largest absolute Gasteiger partial charge is 0.744 e. The second kappa shape index (κ2) is 3.70. The summed E-state index contributed by atoms with van der Waals surface area (Å²) in [4.78, 5) is -0.614. The standard InChI is InChI=1S/C7H5F3O4S/c8-7(9,10)14-5-1-3-6(4-2-5)15(11,12)13/h1-4H,(H,11,12,13)/p-1. The summed E-state index contributed by atoms with van der Waals surface area (Å²) in [7, 11) is -4.65. The third kappa shape index (κ3) is 3.76. The Morgan fingerprint density at radius 2 is 1.60 bits per heavy atom. The molecule has 1 rings (SSSR count). The van der Waals surface area contributed by atoms with Crippen molar-refractivity contribution in [2.45, 2.75) is 11.3 Å². The molecule has 15 heavy (non-hydrogen) atoms. The van der Waals surface area contributed by atoms with Crippen LogP contribution < -0.4 is 4.74 Å². The van der Waals surface area contributed by atoms with Crippen LogP contribution in [0.15, 0.2) is 29.2 Å². The van der Waals surface area contributed by atoms with Crippen LogP contribution in [-0.4, -0.2) is 19.3 Å². The first-order chi connectivity index (χ1) is 6.68. The van der Waals surface area contributed by atoms with Gasteiger partial charge >= 0.3 is 6.36 Å². The second-order valence-corrected chi connectivity index (χ2v) is 3.85. The molecule has 0 bridgehead atoms. The molecule has 0 N–H and O–H groups in total. The van der Waals surface area contributed by atoms with E-state index < -0.39 is 27.1 Å². The maximum Gasteiger partial charge on any atom is 0.573 e. The number of ether oxygens (including phenoxy) is 1. The average molecular weight is 241 g/mol. The van der Waals surface area contributed by atoms with Crippen LogP contribution in [-0.2, 0) is 10.1 Å². The predicted octanol–water partition coefficient (Wildman–Crippen LogP) is 1.49. The van der Waals surface area contributed by atoms with Crippen molar-refractivity contribution in [2.24, 2.45) is 0 Å². The van der Waals surface area contributed by atoms with Crippen LogP contribution in [0.2, 0.25) is 0 Å². The number of halogens is 3. The van der Waals surface area contributed by atoms with Gasteiger partial charge < -0.3 is 9.29 Å². The van der Waals surface area contributed by atoms with E-state index in [9.17, 15) is 26.1 Å². The summed E-state index contributed by atoms with van der Waals surface area (Å²) >= 11 is 0. The Bertz CT molecular complexity index is 434. The molecule has 0 aliphatic carbocycles. The van der Waals surface area contributed by atoms with Crippen molar-refractivity contribution in [3.63, 3.8) is 0 Å². The van der Waals surface area contributed by atoms with Gasteiger partial charge in [-0.05, 0) is 24.3 Å². The molecule has 0 aliphatic heterocycles. The topological polar surface area (TPSA) is 66.4 Å². The van der Waals surface area contributed by atoms with Crippen LogP contribution in [0.1, 0.15) is 0 Å². The Kier molecular flexibility index (Phi) is 2.91.